The zero-order valence-electron chi connectivity index (χ0n) is 26.2. The molecule has 0 aliphatic carbocycles. The number of esters is 1. The molecule has 0 unspecified atom stereocenters. The van der Waals surface area contributed by atoms with Crippen LogP contribution in [0, 0.1) is 17.7 Å². The number of alkyl halides is 3. The number of carbonyl (C=O) groups is 1. The van der Waals surface area contributed by atoms with E-state index in [-0.39, 0.29) is 34.9 Å². The lowest BCUT2D eigenvalue weighted by molar-refractivity contribution is -0.149. The molecule has 0 amide bonds. The van der Waals surface area contributed by atoms with E-state index in [9.17, 15) is 30.8 Å². The van der Waals surface area contributed by atoms with Crippen LogP contribution in [0.4, 0.5) is 23.2 Å². The summed E-state index contributed by atoms with van der Waals surface area (Å²) in [4.78, 5) is 13.9. The molecule has 0 bridgehead atoms. The maximum absolute atomic E-state index is 14.6. The van der Waals surface area contributed by atoms with E-state index < -0.39 is 32.5 Å². The number of carbonyl (C=O) groups excluding carboxylic acids is 1. The summed E-state index contributed by atoms with van der Waals surface area (Å²) >= 11 is 6.26. The van der Waals surface area contributed by atoms with Gasteiger partial charge in [-0.1, -0.05) is 41.9 Å². The molecule has 1 saturated heterocycles. The fourth-order valence-corrected chi connectivity index (χ4v) is 8.31. The minimum atomic E-state index is -4.71. The van der Waals surface area contributed by atoms with Crippen molar-refractivity contribution in [2.45, 2.75) is 50.6 Å². The molecule has 47 heavy (non-hydrogen) atoms. The van der Waals surface area contributed by atoms with E-state index >= 15 is 0 Å². The van der Waals surface area contributed by atoms with Gasteiger partial charge in [0.05, 0.1) is 33.7 Å². The lowest BCUT2D eigenvalue weighted by atomic mass is 9.89. The molecule has 1 fully saturated rings. The molecule has 2 aliphatic rings. The van der Waals surface area contributed by atoms with Gasteiger partial charge < -0.3 is 9.64 Å². The minimum Gasteiger partial charge on any atom is -0.466 e. The second-order valence-corrected chi connectivity index (χ2v) is 14.4. The smallest absolute Gasteiger partial charge is 0.416 e. The topological polar surface area (TPSA) is 66.9 Å². The summed E-state index contributed by atoms with van der Waals surface area (Å²) in [5, 5.41) is 0.235. The summed E-state index contributed by atoms with van der Waals surface area (Å²) in [5.74, 6) is -0.896. The average molecular weight is 693 g/mol. The van der Waals surface area contributed by atoms with Gasteiger partial charge >= 0.3 is 12.1 Å². The fraction of sp³-hybridized carbons (Fsp3) is 0.400. The molecule has 0 N–H and O–H groups in total. The van der Waals surface area contributed by atoms with Gasteiger partial charge in [-0.15, -0.1) is 0 Å². The van der Waals surface area contributed by atoms with E-state index in [1.165, 1.54) is 22.5 Å². The Labute approximate surface area is 278 Å². The summed E-state index contributed by atoms with van der Waals surface area (Å²) in [6.45, 7) is 6.05. The van der Waals surface area contributed by atoms with Gasteiger partial charge in [-0.3, -0.25) is 9.10 Å². The Morgan fingerprint density at radius 3 is 2.47 bits per heavy atom. The van der Waals surface area contributed by atoms with E-state index in [1.54, 1.807) is 32.1 Å². The zero-order chi connectivity index (χ0) is 33.9. The Balaban J connectivity index is 1.44. The van der Waals surface area contributed by atoms with E-state index in [4.69, 9.17) is 16.3 Å². The molecule has 6 nitrogen and oxygen atoms in total. The third-order valence-electron chi connectivity index (χ3n) is 8.86. The van der Waals surface area contributed by atoms with Crippen molar-refractivity contribution in [3.8, 4) is 0 Å². The Morgan fingerprint density at radius 2 is 1.79 bits per heavy atom. The van der Waals surface area contributed by atoms with Crippen LogP contribution in [-0.4, -0.2) is 52.1 Å². The molecule has 252 valence electrons. The molecule has 0 radical (unpaired) electrons. The van der Waals surface area contributed by atoms with Crippen LogP contribution < -0.4 is 4.31 Å². The molecule has 1 atom stereocenters. The van der Waals surface area contributed by atoms with Crippen molar-refractivity contribution in [2.24, 2.45) is 11.8 Å². The van der Waals surface area contributed by atoms with E-state index in [0.717, 1.165) is 30.8 Å². The SMILES string of the molecule is CCOC(=O)C1CCN(CC[C@@H]2Cc3ccc(/C=C(\C)c4c(F)cccc4Cl)cc3N(S(=O)(=O)c3cccc(C(F)(F)F)c3)C2)CC1. The number of anilines is 1. The van der Waals surface area contributed by atoms with Crippen LogP contribution in [0.25, 0.3) is 11.6 Å². The van der Waals surface area contributed by atoms with Gasteiger partial charge in [-0.05, 0) is 118 Å². The summed E-state index contributed by atoms with van der Waals surface area (Å²) in [6.07, 6.45) is -0.397. The summed E-state index contributed by atoms with van der Waals surface area (Å²) in [5.41, 5.74) is 1.42. The summed E-state index contributed by atoms with van der Waals surface area (Å²) < 4.78 is 89.9. The number of nitrogens with zero attached hydrogens (tertiary/aromatic N) is 2. The summed E-state index contributed by atoms with van der Waals surface area (Å²) in [7, 11) is -4.40. The van der Waals surface area contributed by atoms with Crippen molar-refractivity contribution < 1.29 is 35.5 Å². The van der Waals surface area contributed by atoms with Crippen molar-refractivity contribution in [1.29, 1.82) is 0 Å². The monoisotopic (exact) mass is 692 g/mol. The second-order valence-electron chi connectivity index (χ2n) is 12.1. The van der Waals surface area contributed by atoms with E-state index in [2.05, 4.69) is 4.90 Å². The van der Waals surface area contributed by atoms with Crippen LogP contribution in [0.2, 0.25) is 5.02 Å². The fourth-order valence-electron chi connectivity index (χ4n) is 6.38. The van der Waals surface area contributed by atoms with Gasteiger partial charge in [0, 0.05) is 12.1 Å². The molecular formula is C35H37ClF4N2O4S. The predicted octanol–water partition coefficient (Wildman–Crippen LogP) is 8.09. The van der Waals surface area contributed by atoms with Crippen LogP contribution in [0.15, 0.2) is 65.6 Å². The minimum absolute atomic E-state index is 0.0795. The third-order valence-corrected chi connectivity index (χ3v) is 11.0. The lowest BCUT2D eigenvalue weighted by Crippen LogP contribution is -2.42. The summed E-state index contributed by atoms with van der Waals surface area (Å²) in [6, 6.07) is 13.5. The number of ether oxygens (including phenoxy) is 1. The van der Waals surface area contributed by atoms with Crippen LogP contribution >= 0.6 is 11.6 Å². The Hall–Kier alpha value is -3.41. The number of likely N-dealkylation sites (tertiary alicyclic amines) is 1. The highest BCUT2D eigenvalue weighted by Crippen LogP contribution is 2.39. The second kappa shape index (κ2) is 14.4. The first kappa shape index (κ1) is 34.9. The first-order chi connectivity index (χ1) is 22.3. The van der Waals surface area contributed by atoms with Crippen molar-refractivity contribution in [3.63, 3.8) is 0 Å². The zero-order valence-corrected chi connectivity index (χ0v) is 27.8. The van der Waals surface area contributed by atoms with Crippen LogP contribution in [0.3, 0.4) is 0 Å². The number of halogens is 5. The van der Waals surface area contributed by atoms with Crippen LogP contribution in [0.5, 0.6) is 0 Å². The number of fused-ring (bicyclic) bond motifs is 1. The average Bonchev–Trinajstić information content (AvgIpc) is 3.03. The number of rotatable bonds is 9. The number of piperidine rings is 1. The number of benzene rings is 3. The molecule has 0 aromatic heterocycles. The Morgan fingerprint density at radius 1 is 1.06 bits per heavy atom. The van der Waals surface area contributed by atoms with Gasteiger partial charge in [-0.2, -0.15) is 13.2 Å². The number of sulfonamides is 1. The van der Waals surface area contributed by atoms with Gasteiger partial charge in [-0.25, -0.2) is 12.8 Å². The Kier molecular flexibility index (Phi) is 10.7. The number of hydrogen-bond acceptors (Lipinski definition) is 5. The van der Waals surface area contributed by atoms with E-state index in [0.29, 0.717) is 61.7 Å². The standard InChI is InChI=1S/C35H37ClF4N2O4S/c1-3-46-34(43)26-13-16-41(17-14-26)15-12-25-19-27-11-10-24(18-23(2)33-30(36)8-5-9-31(33)37)20-32(27)42(22-25)47(44,45)29-7-4-6-28(21-29)35(38,39)40/h4-11,18,20-21,25-26H,3,12-17,19,22H2,1-2H3/b23-18+/t25-/m1/s1. The quantitative estimate of drug-likeness (QED) is 0.129. The molecule has 2 aliphatic heterocycles. The van der Waals surface area contributed by atoms with Crippen LogP contribution in [-0.2, 0) is 32.2 Å². The van der Waals surface area contributed by atoms with E-state index in [1.807, 2.05) is 12.1 Å². The van der Waals surface area contributed by atoms with Crippen molar-refractivity contribution in [3.05, 3.63) is 93.8 Å². The first-order valence-corrected chi connectivity index (χ1v) is 17.4. The highest BCUT2D eigenvalue weighted by Gasteiger charge is 2.37. The maximum Gasteiger partial charge on any atom is 0.416 e. The van der Waals surface area contributed by atoms with Gasteiger partial charge in [0.1, 0.15) is 5.82 Å². The number of hydrogen-bond donors (Lipinski definition) is 0. The maximum atomic E-state index is 14.6. The van der Waals surface area contributed by atoms with Crippen molar-refractivity contribution in [1.82, 2.24) is 4.90 Å². The van der Waals surface area contributed by atoms with Crippen LogP contribution in [0.1, 0.15) is 55.4 Å². The molecule has 3 aromatic carbocycles. The van der Waals surface area contributed by atoms with Gasteiger partial charge in [0.15, 0.2) is 0 Å². The van der Waals surface area contributed by atoms with Crippen molar-refractivity contribution >= 4 is 44.9 Å². The molecule has 2 heterocycles. The number of allylic oxidation sites excluding steroid dienone is 1. The predicted molar refractivity (Wildman–Crippen MR) is 175 cm³/mol. The van der Waals surface area contributed by atoms with Gasteiger partial charge in [0.2, 0.25) is 0 Å². The normalized spacial score (nSPS) is 18.2. The molecular weight excluding hydrogens is 656 g/mol. The molecule has 5 rings (SSSR count). The highest BCUT2D eigenvalue weighted by atomic mass is 35.5. The molecule has 12 heteroatoms. The first-order valence-electron chi connectivity index (χ1n) is 15.6. The third kappa shape index (κ3) is 8.01. The largest absolute Gasteiger partial charge is 0.466 e. The molecule has 0 spiro atoms. The molecule has 0 saturated carbocycles. The highest BCUT2D eigenvalue weighted by molar-refractivity contribution is 7.92. The molecule has 3 aromatic rings. The van der Waals surface area contributed by atoms with Crippen molar-refractivity contribution in [2.75, 3.05) is 37.1 Å². The van der Waals surface area contributed by atoms with Gasteiger partial charge in [0.25, 0.3) is 10.0 Å². The lowest BCUT2D eigenvalue weighted by Gasteiger charge is -2.37. The Bertz CT molecular complexity index is 1730.